The molecule has 0 aliphatic carbocycles. The number of alkyl halides is 3. The normalized spacial score (nSPS) is 17.8. The van der Waals surface area contributed by atoms with Gasteiger partial charge in [0.25, 0.3) is 0 Å². The first kappa shape index (κ1) is 15.9. The Labute approximate surface area is 123 Å². The lowest BCUT2D eigenvalue weighted by atomic mass is 10.0. The number of halogens is 3. The SMILES string of the molecule is Cc1c(NCC(F)(F)F)cccc1NC1CCN(C)CC1. The van der Waals surface area contributed by atoms with E-state index in [1.807, 2.05) is 13.0 Å². The minimum Gasteiger partial charge on any atom is -0.382 e. The van der Waals surface area contributed by atoms with Crippen molar-refractivity contribution in [1.82, 2.24) is 4.90 Å². The van der Waals surface area contributed by atoms with Gasteiger partial charge in [0, 0.05) is 17.4 Å². The average molecular weight is 301 g/mol. The Kier molecular flexibility index (Phi) is 4.98. The summed E-state index contributed by atoms with van der Waals surface area (Å²) < 4.78 is 36.9. The van der Waals surface area contributed by atoms with E-state index < -0.39 is 12.7 Å². The van der Waals surface area contributed by atoms with E-state index in [9.17, 15) is 13.2 Å². The Morgan fingerprint density at radius 2 is 1.81 bits per heavy atom. The molecular weight excluding hydrogens is 279 g/mol. The van der Waals surface area contributed by atoms with Crippen LogP contribution >= 0.6 is 0 Å². The van der Waals surface area contributed by atoms with E-state index >= 15 is 0 Å². The highest BCUT2D eigenvalue weighted by atomic mass is 19.4. The molecule has 2 N–H and O–H groups in total. The molecule has 0 aromatic heterocycles. The lowest BCUT2D eigenvalue weighted by Gasteiger charge is -2.30. The van der Waals surface area contributed by atoms with Crippen LogP contribution in [0.25, 0.3) is 0 Å². The van der Waals surface area contributed by atoms with Crippen LogP contribution in [0.3, 0.4) is 0 Å². The van der Waals surface area contributed by atoms with Crippen LogP contribution in [0.2, 0.25) is 0 Å². The van der Waals surface area contributed by atoms with Crippen LogP contribution in [0.15, 0.2) is 18.2 Å². The Balaban J connectivity index is 2.00. The van der Waals surface area contributed by atoms with Gasteiger partial charge in [-0.15, -0.1) is 0 Å². The van der Waals surface area contributed by atoms with Crippen LogP contribution in [0.1, 0.15) is 18.4 Å². The van der Waals surface area contributed by atoms with E-state index in [4.69, 9.17) is 0 Å². The lowest BCUT2D eigenvalue weighted by Crippen LogP contribution is -2.36. The largest absolute Gasteiger partial charge is 0.405 e. The fourth-order valence-corrected chi connectivity index (χ4v) is 2.55. The smallest absolute Gasteiger partial charge is 0.382 e. The molecule has 1 fully saturated rings. The zero-order valence-electron chi connectivity index (χ0n) is 12.4. The molecule has 0 atom stereocenters. The molecule has 1 aliphatic rings. The van der Waals surface area contributed by atoms with Crippen molar-refractivity contribution in [2.24, 2.45) is 0 Å². The summed E-state index contributed by atoms with van der Waals surface area (Å²) in [6.45, 7) is 2.92. The molecule has 118 valence electrons. The van der Waals surface area contributed by atoms with Gasteiger partial charge in [-0.2, -0.15) is 13.2 Å². The summed E-state index contributed by atoms with van der Waals surface area (Å²) in [6.07, 6.45) is -2.10. The zero-order chi connectivity index (χ0) is 15.5. The number of nitrogens with zero attached hydrogens (tertiary/aromatic N) is 1. The van der Waals surface area contributed by atoms with E-state index in [2.05, 4.69) is 22.6 Å². The van der Waals surface area contributed by atoms with Gasteiger partial charge >= 0.3 is 6.18 Å². The third-order valence-electron chi connectivity index (χ3n) is 3.89. The molecule has 3 nitrogen and oxygen atoms in total. The van der Waals surface area contributed by atoms with Gasteiger partial charge in [-0.05, 0) is 57.6 Å². The highest BCUT2D eigenvalue weighted by Gasteiger charge is 2.27. The van der Waals surface area contributed by atoms with Crippen LogP contribution in [0, 0.1) is 6.92 Å². The van der Waals surface area contributed by atoms with Gasteiger partial charge in [-0.25, -0.2) is 0 Å². The summed E-state index contributed by atoms with van der Waals surface area (Å²) in [4.78, 5) is 2.28. The first-order chi connectivity index (χ1) is 9.85. The van der Waals surface area contributed by atoms with Gasteiger partial charge in [0.15, 0.2) is 0 Å². The van der Waals surface area contributed by atoms with Crippen molar-refractivity contribution in [2.75, 3.05) is 37.3 Å². The number of piperidine rings is 1. The first-order valence-electron chi connectivity index (χ1n) is 7.20. The fraction of sp³-hybridized carbons (Fsp3) is 0.600. The first-order valence-corrected chi connectivity index (χ1v) is 7.20. The van der Waals surface area contributed by atoms with Crippen LogP contribution in [-0.4, -0.2) is 43.8 Å². The van der Waals surface area contributed by atoms with E-state index in [1.54, 1.807) is 12.1 Å². The summed E-state index contributed by atoms with van der Waals surface area (Å²) in [5.74, 6) is 0. The van der Waals surface area contributed by atoms with E-state index in [0.29, 0.717) is 11.7 Å². The predicted octanol–water partition coefficient (Wildman–Crippen LogP) is 3.48. The summed E-state index contributed by atoms with van der Waals surface area (Å²) in [5, 5.41) is 5.92. The third-order valence-corrected chi connectivity index (χ3v) is 3.89. The minimum absolute atomic E-state index is 0.387. The van der Waals surface area contributed by atoms with Gasteiger partial charge in [0.1, 0.15) is 6.54 Å². The molecule has 0 saturated carbocycles. The van der Waals surface area contributed by atoms with Crippen LogP contribution in [0.4, 0.5) is 24.5 Å². The highest BCUT2D eigenvalue weighted by Crippen LogP contribution is 2.26. The quantitative estimate of drug-likeness (QED) is 0.891. The van der Waals surface area contributed by atoms with Gasteiger partial charge < -0.3 is 15.5 Å². The molecule has 2 rings (SSSR count). The molecule has 21 heavy (non-hydrogen) atoms. The van der Waals surface area contributed by atoms with Crippen molar-refractivity contribution >= 4 is 11.4 Å². The molecule has 1 aromatic rings. The van der Waals surface area contributed by atoms with Gasteiger partial charge in [-0.1, -0.05) is 6.07 Å². The van der Waals surface area contributed by atoms with E-state index in [0.717, 1.165) is 37.2 Å². The molecule has 1 aromatic carbocycles. The fourth-order valence-electron chi connectivity index (χ4n) is 2.55. The van der Waals surface area contributed by atoms with Gasteiger partial charge in [-0.3, -0.25) is 0 Å². The topological polar surface area (TPSA) is 27.3 Å². The highest BCUT2D eigenvalue weighted by molar-refractivity contribution is 5.65. The summed E-state index contributed by atoms with van der Waals surface area (Å²) in [6, 6.07) is 5.77. The molecule has 1 aliphatic heterocycles. The Hall–Kier alpha value is -1.43. The van der Waals surface area contributed by atoms with Crippen molar-refractivity contribution in [2.45, 2.75) is 32.0 Å². The molecule has 6 heteroatoms. The second kappa shape index (κ2) is 6.56. The van der Waals surface area contributed by atoms with Crippen molar-refractivity contribution in [1.29, 1.82) is 0 Å². The third kappa shape index (κ3) is 4.81. The molecular formula is C15H22F3N3. The number of rotatable bonds is 4. The lowest BCUT2D eigenvalue weighted by molar-refractivity contribution is -0.115. The molecule has 0 radical (unpaired) electrons. The van der Waals surface area contributed by atoms with Crippen LogP contribution in [0.5, 0.6) is 0 Å². The van der Waals surface area contributed by atoms with E-state index in [-0.39, 0.29) is 0 Å². The number of hydrogen-bond donors (Lipinski definition) is 2. The van der Waals surface area contributed by atoms with Crippen molar-refractivity contribution in [3.05, 3.63) is 23.8 Å². The second-order valence-corrected chi connectivity index (χ2v) is 5.67. The summed E-state index contributed by atoms with van der Waals surface area (Å²) >= 11 is 0. The molecule has 0 bridgehead atoms. The van der Waals surface area contributed by atoms with Gasteiger partial charge in [0.2, 0.25) is 0 Å². The summed E-state index contributed by atoms with van der Waals surface area (Å²) in [5.41, 5.74) is 2.28. The Bertz CT molecular complexity index is 466. The van der Waals surface area contributed by atoms with Crippen molar-refractivity contribution < 1.29 is 13.2 Å². The molecule has 0 amide bonds. The molecule has 1 saturated heterocycles. The predicted molar refractivity (Wildman–Crippen MR) is 79.9 cm³/mol. The molecule has 0 spiro atoms. The standard InChI is InChI=1S/C15H22F3N3/c1-11-13(19-10-15(16,17)18)4-3-5-14(11)20-12-6-8-21(2)9-7-12/h3-5,12,19-20H,6-10H2,1-2H3. The average Bonchev–Trinajstić information content (AvgIpc) is 2.41. The maximum atomic E-state index is 12.3. The maximum Gasteiger partial charge on any atom is 0.405 e. The van der Waals surface area contributed by atoms with Crippen LogP contribution < -0.4 is 10.6 Å². The second-order valence-electron chi connectivity index (χ2n) is 5.67. The van der Waals surface area contributed by atoms with Crippen molar-refractivity contribution in [3.8, 4) is 0 Å². The number of hydrogen-bond acceptors (Lipinski definition) is 3. The minimum atomic E-state index is -4.20. The van der Waals surface area contributed by atoms with Gasteiger partial charge in [0.05, 0.1) is 0 Å². The zero-order valence-corrected chi connectivity index (χ0v) is 12.4. The number of nitrogens with one attached hydrogen (secondary N) is 2. The Morgan fingerprint density at radius 3 is 2.43 bits per heavy atom. The monoisotopic (exact) mass is 301 g/mol. The number of benzene rings is 1. The van der Waals surface area contributed by atoms with E-state index in [1.165, 1.54) is 0 Å². The van der Waals surface area contributed by atoms with Crippen molar-refractivity contribution in [3.63, 3.8) is 0 Å². The maximum absolute atomic E-state index is 12.3. The Morgan fingerprint density at radius 1 is 1.19 bits per heavy atom. The summed E-state index contributed by atoms with van der Waals surface area (Å²) in [7, 11) is 2.10. The van der Waals surface area contributed by atoms with Crippen LogP contribution in [-0.2, 0) is 0 Å². The molecule has 1 heterocycles. The number of anilines is 2. The number of likely N-dealkylation sites (tertiary alicyclic amines) is 1. The molecule has 0 unspecified atom stereocenters.